The summed E-state index contributed by atoms with van der Waals surface area (Å²) in [7, 11) is 4.49. The lowest BCUT2D eigenvalue weighted by molar-refractivity contribution is 0.0938. The van der Waals surface area contributed by atoms with Crippen molar-refractivity contribution >= 4 is 23.3 Å². The van der Waals surface area contributed by atoms with Gasteiger partial charge in [-0.2, -0.15) is 10.1 Å². The van der Waals surface area contributed by atoms with E-state index in [9.17, 15) is 14.7 Å². The highest BCUT2D eigenvalue weighted by Crippen LogP contribution is 2.19. The van der Waals surface area contributed by atoms with E-state index in [2.05, 4.69) is 15.5 Å². The van der Waals surface area contributed by atoms with Crippen LogP contribution in [0.25, 0.3) is 11.2 Å². The summed E-state index contributed by atoms with van der Waals surface area (Å²) < 4.78 is 20.0. The molecule has 0 aliphatic rings. The lowest BCUT2D eigenvalue weighted by Crippen LogP contribution is -2.38. The molecule has 4 aromatic rings. The molecule has 12 heteroatoms. The van der Waals surface area contributed by atoms with Gasteiger partial charge in [-0.15, -0.1) is 0 Å². The van der Waals surface area contributed by atoms with Crippen LogP contribution in [0.3, 0.4) is 0 Å². The Labute approximate surface area is 218 Å². The number of aliphatic hydroxyl groups excluding tert-OH is 1. The Kier molecular flexibility index (Phi) is 8.12. The molecule has 0 fully saturated rings. The van der Waals surface area contributed by atoms with Crippen molar-refractivity contribution in [1.29, 1.82) is 0 Å². The molecule has 0 bridgehead atoms. The second-order valence-corrected chi connectivity index (χ2v) is 8.44. The Hall–Kier alpha value is -4.58. The molecule has 2 aromatic heterocycles. The minimum absolute atomic E-state index is 0.0407. The molecule has 0 aliphatic heterocycles. The van der Waals surface area contributed by atoms with Crippen LogP contribution in [0.1, 0.15) is 12.5 Å². The summed E-state index contributed by atoms with van der Waals surface area (Å²) in [4.78, 5) is 29.9. The van der Waals surface area contributed by atoms with Gasteiger partial charge < -0.3 is 23.9 Å². The number of nitrogens with zero attached hydrogens (tertiary/aromatic N) is 5. The molecule has 4 rings (SSSR count). The number of hydrogen-bond acceptors (Lipinski definition) is 9. The molecule has 0 aliphatic carbocycles. The quantitative estimate of drug-likeness (QED) is 0.225. The third-order valence-corrected chi connectivity index (χ3v) is 5.81. The second kappa shape index (κ2) is 11.6. The highest BCUT2D eigenvalue weighted by molar-refractivity contribution is 5.80. The highest BCUT2D eigenvalue weighted by Gasteiger charge is 2.21. The summed E-state index contributed by atoms with van der Waals surface area (Å²) >= 11 is 0. The fraction of sp³-hybridized carbons (Fsp3) is 0.308. The maximum atomic E-state index is 13.0. The summed E-state index contributed by atoms with van der Waals surface area (Å²) in [5.41, 5.74) is 2.91. The average molecular weight is 523 g/mol. The third kappa shape index (κ3) is 5.70. The molecular weight excluding hydrogens is 492 g/mol. The largest absolute Gasteiger partial charge is 0.497 e. The monoisotopic (exact) mass is 522 g/mol. The van der Waals surface area contributed by atoms with Crippen molar-refractivity contribution in [3.63, 3.8) is 0 Å². The number of imidazole rings is 1. The van der Waals surface area contributed by atoms with Crippen molar-refractivity contribution in [3.8, 4) is 17.2 Å². The van der Waals surface area contributed by atoms with E-state index in [-0.39, 0.29) is 30.3 Å². The van der Waals surface area contributed by atoms with Crippen molar-refractivity contribution in [3.05, 3.63) is 74.9 Å². The van der Waals surface area contributed by atoms with Crippen molar-refractivity contribution < 1.29 is 19.3 Å². The van der Waals surface area contributed by atoms with E-state index in [1.807, 2.05) is 31.2 Å². The number of benzene rings is 2. The molecule has 0 amide bonds. The van der Waals surface area contributed by atoms with Crippen LogP contribution in [-0.4, -0.2) is 56.4 Å². The molecular formula is C26H30N6O6. The van der Waals surface area contributed by atoms with Crippen LogP contribution in [0, 0.1) is 0 Å². The standard InChI is InChI=1S/C26H30N6O6/c1-5-37-20-8-6-17(7-9-20)14-27-29-25-28-23-22(24(34)31(3)26(35)30(23)2)32(25)15-18(33)16-38-21-12-10-19(36-4)11-13-21/h6-14,18,33H,5,15-16H2,1-4H3,(H,28,29)/b27-14+. The Morgan fingerprint density at radius 1 is 1.00 bits per heavy atom. The Bertz CT molecular complexity index is 1540. The number of aromatic nitrogens is 4. The number of hydrazone groups is 1. The van der Waals surface area contributed by atoms with Gasteiger partial charge in [0.25, 0.3) is 5.56 Å². The average Bonchev–Trinajstić information content (AvgIpc) is 3.28. The van der Waals surface area contributed by atoms with E-state index >= 15 is 0 Å². The van der Waals surface area contributed by atoms with Crippen molar-refractivity contribution in [2.75, 3.05) is 25.7 Å². The number of aryl methyl sites for hydroxylation is 1. The SMILES string of the molecule is CCOc1ccc(/C=N/Nc2nc3c(c(=O)n(C)c(=O)n3C)n2CC(O)COc2ccc(OC)cc2)cc1. The van der Waals surface area contributed by atoms with Crippen LogP contribution < -0.4 is 30.9 Å². The van der Waals surface area contributed by atoms with Crippen LogP contribution in [0.15, 0.2) is 63.2 Å². The van der Waals surface area contributed by atoms with Gasteiger partial charge in [0.2, 0.25) is 5.95 Å². The summed E-state index contributed by atoms with van der Waals surface area (Å²) in [6.07, 6.45) is 0.576. The number of rotatable bonds is 11. The molecule has 0 spiro atoms. The molecule has 0 radical (unpaired) electrons. The van der Waals surface area contributed by atoms with Crippen molar-refractivity contribution in [2.45, 2.75) is 19.6 Å². The van der Waals surface area contributed by atoms with E-state index in [0.29, 0.717) is 18.1 Å². The van der Waals surface area contributed by atoms with Crippen LogP contribution in [0.2, 0.25) is 0 Å². The first-order chi connectivity index (χ1) is 18.3. The topological polar surface area (TPSA) is 134 Å². The maximum absolute atomic E-state index is 13.0. The summed E-state index contributed by atoms with van der Waals surface area (Å²) in [6, 6.07) is 14.3. The normalized spacial score (nSPS) is 12.1. The molecule has 2 heterocycles. The van der Waals surface area contributed by atoms with E-state index in [1.54, 1.807) is 37.6 Å². The maximum Gasteiger partial charge on any atom is 0.332 e. The number of ether oxygens (including phenoxy) is 3. The molecule has 1 atom stereocenters. The molecule has 2 N–H and O–H groups in total. The molecule has 200 valence electrons. The Balaban J connectivity index is 1.59. The molecule has 0 saturated heterocycles. The first-order valence-corrected chi connectivity index (χ1v) is 12.0. The van der Waals surface area contributed by atoms with Gasteiger partial charge >= 0.3 is 5.69 Å². The number of anilines is 1. The molecule has 0 saturated carbocycles. The number of hydrogen-bond donors (Lipinski definition) is 2. The van der Waals surface area contributed by atoms with Crippen LogP contribution in [0.5, 0.6) is 17.2 Å². The molecule has 1 unspecified atom stereocenters. The first kappa shape index (κ1) is 26.5. The van der Waals surface area contributed by atoms with E-state index in [1.165, 1.54) is 23.2 Å². The zero-order chi connectivity index (χ0) is 27.2. The van der Waals surface area contributed by atoms with Gasteiger partial charge in [0, 0.05) is 14.1 Å². The third-order valence-electron chi connectivity index (χ3n) is 5.81. The summed E-state index contributed by atoms with van der Waals surface area (Å²) in [5.74, 6) is 2.17. The minimum Gasteiger partial charge on any atom is -0.497 e. The van der Waals surface area contributed by atoms with Gasteiger partial charge in [0.1, 0.15) is 30.0 Å². The van der Waals surface area contributed by atoms with E-state index < -0.39 is 17.4 Å². The van der Waals surface area contributed by atoms with Gasteiger partial charge in [-0.1, -0.05) is 0 Å². The molecule has 12 nitrogen and oxygen atoms in total. The second-order valence-electron chi connectivity index (χ2n) is 8.44. The number of aliphatic hydroxyl groups is 1. The summed E-state index contributed by atoms with van der Waals surface area (Å²) in [6.45, 7) is 2.40. The van der Waals surface area contributed by atoms with Gasteiger partial charge in [0.05, 0.1) is 26.5 Å². The summed E-state index contributed by atoms with van der Waals surface area (Å²) in [5, 5.41) is 15.0. The van der Waals surface area contributed by atoms with Crippen LogP contribution in [-0.2, 0) is 20.6 Å². The van der Waals surface area contributed by atoms with Gasteiger partial charge in [-0.25, -0.2) is 10.2 Å². The smallest absolute Gasteiger partial charge is 0.332 e. The zero-order valence-electron chi connectivity index (χ0n) is 21.6. The minimum atomic E-state index is -1.01. The van der Waals surface area contributed by atoms with Crippen LogP contribution >= 0.6 is 0 Å². The predicted molar refractivity (Wildman–Crippen MR) is 144 cm³/mol. The van der Waals surface area contributed by atoms with Crippen molar-refractivity contribution in [2.24, 2.45) is 19.2 Å². The fourth-order valence-corrected chi connectivity index (χ4v) is 3.82. The van der Waals surface area contributed by atoms with E-state index in [0.717, 1.165) is 15.9 Å². The first-order valence-electron chi connectivity index (χ1n) is 12.0. The Morgan fingerprint density at radius 3 is 2.29 bits per heavy atom. The number of fused-ring (bicyclic) bond motifs is 1. The van der Waals surface area contributed by atoms with Gasteiger partial charge in [0.15, 0.2) is 11.2 Å². The zero-order valence-corrected chi connectivity index (χ0v) is 21.6. The number of nitrogens with one attached hydrogen (secondary N) is 1. The predicted octanol–water partition coefficient (Wildman–Crippen LogP) is 1.73. The van der Waals surface area contributed by atoms with Crippen molar-refractivity contribution in [1.82, 2.24) is 18.7 Å². The highest BCUT2D eigenvalue weighted by atomic mass is 16.5. The van der Waals surface area contributed by atoms with Crippen LogP contribution in [0.4, 0.5) is 5.95 Å². The van der Waals surface area contributed by atoms with E-state index in [4.69, 9.17) is 14.2 Å². The molecule has 38 heavy (non-hydrogen) atoms. The Morgan fingerprint density at radius 2 is 1.63 bits per heavy atom. The van der Waals surface area contributed by atoms with Gasteiger partial charge in [-0.3, -0.25) is 13.9 Å². The van der Waals surface area contributed by atoms with Gasteiger partial charge in [-0.05, 0) is 61.0 Å². The number of methoxy groups -OCH3 is 1. The lowest BCUT2D eigenvalue weighted by Gasteiger charge is -2.15. The molecule has 2 aromatic carbocycles. The fourth-order valence-electron chi connectivity index (χ4n) is 3.82. The lowest BCUT2D eigenvalue weighted by atomic mass is 10.2.